The molecule has 0 spiro atoms. The fourth-order valence-electron chi connectivity index (χ4n) is 2.00. The fourth-order valence-corrected chi connectivity index (χ4v) is 2.26. The molecule has 5 heteroatoms. The quantitative estimate of drug-likeness (QED) is 0.927. The third-order valence-electron chi connectivity index (χ3n) is 2.89. The Hall–Kier alpha value is -1.26. The van der Waals surface area contributed by atoms with Gasteiger partial charge in [0.05, 0.1) is 18.1 Å². The third kappa shape index (κ3) is 2.44. The highest BCUT2D eigenvalue weighted by atomic mass is 35.5. The van der Waals surface area contributed by atoms with Crippen LogP contribution in [0, 0.1) is 0 Å². The van der Waals surface area contributed by atoms with E-state index in [0.29, 0.717) is 17.1 Å². The number of nitrogens with zero attached hydrogens (tertiary/aromatic N) is 2. The van der Waals surface area contributed by atoms with Gasteiger partial charge in [0.15, 0.2) is 0 Å². The summed E-state index contributed by atoms with van der Waals surface area (Å²) in [6.07, 6.45) is 1.30. The summed E-state index contributed by atoms with van der Waals surface area (Å²) in [5.74, 6) is 0.946. The Kier molecular flexibility index (Phi) is 3.78. The number of aromatic nitrogens is 2. The molecule has 0 radical (unpaired) electrons. The van der Waals surface area contributed by atoms with Crippen molar-refractivity contribution < 1.29 is 9.52 Å². The standard InChI is InChI=1S/C13H17ClN2O2/c1-8(2)12-11(13(14)16(3)15-12)10(17)7-9-5-4-6-18-9/h4-6,8,10,17H,7H2,1-3H3. The van der Waals surface area contributed by atoms with Crippen LogP contribution < -0.4 is 0 Å². The number of furan rings is 1. The van der Waals surface area contributed by atoms with Gasteiger partial charge in [0.25, 0.3) is 0 Å². The first-order valence-corrected chi connectivity index (χ1v) is 6.31. The van der Waals surface area contributed by atoms with Gasteiger partial charge in [-0.15, -0.1) is 0 Å². The summed E-state index contributed by atoms with van der Waals surface area (Å²) < 4.78 is 6.84. The van der Waals surface area contributed by atoms with E-state index >= 15 is 0 Å². The predicted octanol–water partition coefficient (Wildman–Crippen LogP) is 3.07. The van der Waals surface area contributed by atoms with Gasteiger partial charge in [0, 0.05) is 19.0 Å². The lowest BCUT2D eigenvalue weighted by Crippen LogP contribution is -2.05. The summed E-state index contributed by atoms with van der Waals surface area (Å²) in [6.45, 7) is 4.06. The van der Waals surface area contributed by atoms with E-state index in [1.165, 1.54) is 0 Å². The van der Waals surface area contributed by atoms with E-state index in [2.05, 4.69) is 5.10 Å². The highest BCUT2D eigenvalue weighted by Crippen LogP contribution is 2.32. The first-order chi connectivity index (χ1) is 8.50. The van der Waals surface area contributed by atoms with Gasteiger partial charge in [0.1, 0.15) is 10.9 Å². The molecule has 98 valence electrons. The zero-order valence-electron chi connectivity index (χ0n) is 10.7. The van der Waals surface area contributed by atoms with E-state index in [-0.39, 0.29) is 5.92 Å². The molecular weight excluding hydrogens is 252 g/mol. The van der Waals surface area contributed by atoms with Crippen LogP contribution in [0.15, 0.2) is 22.8 Å². The van der Waals surface area contributed by atoms with E-state index in [4.69, 9.17) is 16.0 Å². The van der Waals surface area contributed by atoms with Crippen LogP contribution in [-0.2, 0) is 13.5 Å². The first-order valence-electron chi connectivity index (χ1n) is 5.93. The number of halogens is 1. The number of aryl methyl sites for hydroxylation is 1. The molecule has 0 aliphatic heterocycles. The molecule has 1 atom stereocenters. The maximum atomic E-state index is 10.3. The van der Waals surface area contributed by atoms with Crippen molar-refractivity contribution in [3.63, 3.8) is 0 Å². The Morgan fingerprint density at radius 2 is 2.22 bits per heavy atom. The highest BCUT2D eigenvalue weighted by molar-refractivity contribution is 6.30. The van der Waals surface area contributed by atoms with Crippen molar-refractivity contribution >= 4 is 11.6 Å². The van der Waals surface area contributed by atoms with Crippen LogP contribution in [0.3, 0.4) is 0 Å². The second-order valence-corrected chi connectivity index (χ2v) is 5.03. The van der Waals surface area contributed by atoms with Gasteiger partial charge >= 0.3 is 0 Å². The van der Waals surface area contributed by atoms with Crippen molar-refractivity contribution in [3.8, 4) is 0 Å². The number of hydrogen-bond donors (Lipinski definition) is 1. The van der Waals surface area contributed by atoms with E-state index in [1.54, 1.807) is 24.1 Å². The highest BCUT2D eigenvalue weighted by Gasteiger charge is 2.24. The zero-order chi connectivity index (χ0) is 13.3. The molecule has 0 fully saturated rings. The van der Waals surface area contributed by atoms with Gasteiger partial charge < -0.3 is 9.52 Å². The molecule has 0 aliphatic rings. The minimum atomic E-state index is -0.699. The monoisotopic (exact) mass is 268 g/mol. The minimum absolute atomic E-state index is 0.213. The molecule has 1 N–H and O–H groups in total. The summed E-state index contributed by atoms with van der Waals surface area (Å²) in [6, 6.07) is 3.64. The Morgan fingerprint density at radius 1 is 1.50 bits per heavy atom. The van der Waals surface area contributed by atoms with Crippen molar-refractivity contribution in [2.75, 3.05) is 0 Å². The Labute approximate surface area is 111 Å². The summed E-state index contributed by atoms with van der Waals surface area (Å²) >= 11 is 6.20. The predicted molar refractivity (Wildman–Crippen MR) is 69.7 cm³/mol. The molecule has 4 nitrogen and oxygen atoms in total. The number of aliphatic hydroxyl groups is 1. The molecule has 0 aromatic carbocycles. The molecule has 2 aromatic rings. The molecule has 1 unspecified atom stereocenters. The van der Waals surface area contributed by atoms with E-state index < -0.39 is 6.10 Å². The van der Waals surface area contributed by atoms with Gasteiger partial charge in [-0.3, -0.25) is 4.68 Å². The largest absolute Gasteiger partial charge is 0.469 e. The molecule has 0 bridgehead atoms. The molecule has 2 heterocycles. The lowest BCUT2D eigenvalue weighted by molar-refractivity contribution is 0.169. The smallest absolute Gasteiger partial charge is 0.132 e. The Bertz CT molecular complexity index is 517. The van der Waals surface area contributed by atoms with Crippen LogP contribution in [0.25, 0.3) is 0 Å². The SMILES string of the molecule is CC(C)c1nn(C)c(Cl)c1C(O)Cc1ccco1. The van der Waals surface area contributed by atoms with Gasteiger partial charge in [0.2, 0.25) is 0 Å². The van der Waals surface area contributed by atoms with E-state index in [1.807, 2.05) is 19.9 Å². The summed E-state index contributed by atoms with van der Waals surface area (Å²) in [7, 11) is 1.78. The van der Waals surface area contributed by atoms with Crippen LogP contribution in [0.5, 0.6) is 0 Å². The number of rotatable bonds is 4. The van der Waals surface area contributed by atoms with Crippen molar-refractivity contribution in [2.24, 2.45) is 7.05 Å². The molecule has 18 heavy (non-hydrogen) atoms. The molecule has 0 aliphatic carbocycles. The summed E-state index contributed by atoms with van der Waals surface area (Å²) in [5.41, 5.74) is 1.53. The van der Waals surface area contributed by atoms with Crippen LogP contribution >= 0.6 is 11.6 Å². The molecule has 2 aromatic heterocycles. The number of hydrogen-bond acceptors (Lipinski definition) is 3. The zero-order valence-corrected chi connectivity index (χ0v) is 11.5. The van der Waals surface area contributed by atoms with Crippen LogP contribution in [-0.4, -0.2) is 14.9 Å². The molecule has 0 saturated heterocycles. The molecule has 2 rings (SSSR count). The molecule has 0 amide bonds. The Balaban J connectivity index is 2.31. The van der Waals surface area contributed by atoms with Crippen LogP contribution in [0.2, 0.25) is 5.15 Å². The second-order valence-electron chi connectivity index (χ2n) is 4.67. The van der Waals surface area contributed by atoms with Gasteiger partial charge in [-0.25, -0.2) is 0 Å². The molecular formula is C13H17ClN2O2. The fraction of sp³-hybridized carbons (Fsp3) is 0.462. The van der Waals surface area contributed by atoms with Gasteiger partial charge in [-0.1, -0.05) is 25.4 Å². The lowest BCUT2D eigenvalue weighted by atomic mass is 10.00. The minimum Gasteiger partial charge on any atom is -0.469 e. The maximum Gasteiger partial charge on any atom is 0.132 e. The molecule has 0 saturated carbocycles. The summed E-state index contributed by atoms with van der Waals surface area (Å²) in [4.78, 5) is 0. The average Bonchev–Trinajstić information content (AvgIpc) is 2.88. The van der Waals surface area contributed by atoms with Gasteiger partial charge in [-0.2, -0.15) is 5.10 Å². The van der Waals surface area contributed by atoms with E-state index in [9.17, 15) is 5.11 Å². The Morgan fingerprint density at radius 3 is 2.78 bits per heavy atom. The average molecular weight is 269 g/mol. The van der Waals surface area contributed by atoms with E-state index in [0.717, 1.165) is 11.5 Å². The van der Waals surface area contributed by atoms with Crippen molar-refractivity contribution in [2.45, 2.75) is 32.3 Å². The maximum absolute atomic E-state index is 10.3. The normalized spacial score (nSPS) is 13.2. The van der Waals surface area contributed by atoms with Crippen molar-refractivity contribution in [3.05, 3.63) is 40.6 Å². The first kappa shape index (κ1) is 13.2. The number of aliphatic hydroxyl groups excluding tert-OH is 1. The van der Waals surface area contributed by atoms with Crippen LogP contribution in [0.1, 0.15) is 42.9 Å². The third-order valence-corrected chi connectivity index (χ3v) is 3.34. The second kappa shape index (κ2) is 5.16. The van der Waals surface area contributed by atoms with Gasteiger partial charge in [-0.05, 0) is 18.1 Å². The van der Waals surface area contributed by atoms with Crippen molar-refractivity contribution in [1.29, 1.82) is 0 Å². The van der Waals surface area contributed by atoms with Crippen LogP contribution in [0.4, 0.5) is 0 Å². The lowest BCUT2D eigenvalue weighted by Gasteiger charge is -2.11. The topological polar surface area (TPSA) is 51.2 Å². The van der Waals surface area contributed by atoms with Crippen molar-refractivity contribution in [1.82, 2.24) is 9.78 Å². The summed E-state index contributed by atoms with van der Waals surface area (Å²) in [5, 5.41) is 15.2.